The van der Waals surface area contributed by atoms with E-state index in [1.807, 2.05) is 103 Å². The van der Waals surface area contributed by atoms with Crippen LogP contribution in [0.5, 0.6) is 0 Å². The van der Waals surface area contributed by atoms with Gasteiger partial charge in [0, 0.05) is 27.5 Å². The second kappa shape index (κ2) is 13.3. The van der Waals surface area contributed by atoms with Gasteiger partial charge in [0.05, 0.1) is 22.3 Å². The highest BCUT2D eigenvalue weighted by Crippen LogP contribution is 2.42. The largest absolute Gasteiger partial charge is 0.417 e. The van der Waals surface area contributed by atoms with Crippen molar-refractivity contribution >= 4 is 21.8 Å². The molecule has 0 aliphatic carbocycles. The number of aryl methyl sites for hydroxylation is 1. The van der Waals surface area contributed by atoms with Crippen molar-refractivity contribution in [1.29, 1.82) is 0 Å². The Kier molecular flexibility index (Phi) is 8.12. The zero-order valence-corrected chi connectivity index (χ0v) is 29.1. The van der Waals surface area contributed by atoms with Gasteiger partial charge < -0.3 is 4.57 Å². The van der Waals surface area contributed by atoms with Crippen LogP contribution in [0, 0.1) is 6.92 Å². The van der Waals surface area contributed by atoms with E-state index in [0.717, 1.165) is 55.7 Å². The van der Waals surface area contributed by atoms with Gasteiger partial charge >= 0.3 is 6.18 Å². The summed E-state index contributed by atoms with van der Waals surface area (Å²) in [5.74, 6) is 1.37. The maximum Gasteiger partial charge on any atom is 0.417 e. The summed E-state index contributed by atoms with van der Waals surface area (Å²) >= 11 is 0. The van der Waals surface area contributed by atoms with Crippen LogP contribution in [0.3, 0.4) is 0 Å². The van der Waals surface area contributed by atoms with E-state index >= 15 is 0 Å². The molecule has 0 radical (unpaired) electrons. The summed E-state index contributed by atoms with van der Waals surface area (Å²) in [5.41, 5.74) is 7.90. The van der Waals surface area contributed by atoms with Gasteiger partial charge in [-0.15, -0.1) is 0 Å². The molecule has 9 rings (SSSR count). The minimum atomic E-state index is -4.54. The van der Waals surface area contributed by atoms with Gasteiger partial charge in [-0.05, 0) is 71.1 Å². The fraction of sp³-hybridized carbons (Fsp3) is 0.0426. The Morgan fingerprint density at radius 3 is 1.65 bits per heavy atom. The number of benzene rings is 7. The Morgan fingerprint density at radius 1 is 0.426 bits per heavy atom. The van der Waals surface area contributed by atoms with Crippen LogP contribution in [0.25, 0.3) is 83.9 Å². The zero-order valence-electron chi connectivity index (χ0n) is 29.1. The van der Waals surface area contributed by atoms with E-state index < -0.39 is 11.7 Å². The van der Waals surface area contributed by atoms with Crippen LogP contribution < -0.4 is 0 Å². The molecule has 260 valence electrons. The van der Waals surface area contributed by atoms with Gasteiger partial charge in [0.2, 0.25) is 0 Å². The molecule has 0 spiro atoms. The van der Waals surface area contributed by atoms with Gasteiger partial charge in [-0.3, -0.25) is 0 Å². The summed E-state index contributed by atoms with van der Waals surface area (Å²) in [7, 11) is 0. The lowest BCUT2D eigenvalue weighted by molar-refractivity contribution is -0.137. The van der Waals surface area contributed by atoms with E-state index in [1.165, 1.54) is 12.1 Å². The van der Waals surface area contributed by atoms with Crippen LogP contribution in [0.4, 0.5) is 13.2 Å². The van der Waals surface area contributed by atoms with Gasteiger partial charge in [0.25, 0.3) is 0 Å². The van der Waals surface area contributed by atoms with Crippen molar-refractivity contribution < 1.29 is 13.2 Å². The van der Waals surface area contributed by atoms with Gasteiger partial charge in [0.1, 0.15) is 0 Å². The van der Waals surface area contributed by atoms with Crippen molar-refractivity contribution in [1.82, 2.24) is 19.5 Å². The molecular formula is C47H31F3N4. The Bertz CT molecular complexity index is 2770. The quantitative estimate of drug-likeness (QED) is 0.173. The molecule has 0 atom stereocenters. The molecule has 7 aromatic carbocycles. The van der Waals surface area contributed by atoms with Crippen molar-refractivity contribution in [3.05, 3.63) is 181 Å². The first kappa shape index (κ1) is 33.0. The van der Waals surface area contributed by atoms with E-state index in [0.29, 0.717) is 34.3 Å². The molecule has 0 bridgehead atoms. The lowest BCUT2D eigenvalue weighted by atomic mass is 9.96. The van der Waals surface area contributed by atoms with E-state index in [2.05, 4.69) is 47.9 Å². The highest BCUT2D eigenvalue weighted by Gasteiger charge is 2.33. The number of fused-ring (bicyclic) bond motifs is 3. The van der Waals surface area contributed by atoms with Crippen molar-refractivity contribution in [2.24, 2.45) is 0 Å². The van der Waals surface area contributed by atoms with Crippen LogP contribution >= 0.6 is 0 Å². The highest BCUT2D eigenvalue weighted by atomic mass is 19.4. The average molecular weight is 709 g/mol. The van der Waals surface area contributed by atoms with Gasteiger partial charge in [-0.1, -0.05) is 133 Å². The number of aromatic nitrogens is 4. The monoisotopic (exact) mass is 708 g/mol. The molecule has 2 aromatic heterocycles. The topological polar surface area (TPSA) is 43.6 Å². The molecule has 54 heavy (non-hydrogen) atoms. The third kappa shape index (κ3) is 5.90. The predicted molar refractivity (Wildman–Crippen MR) is 211 cm³/mol. The number of hydrogen-bond donors (Lipinski definition) is 0. The lowest BCUT2D eigenvalue weighted by Gasteiger charge is -2.18. The van der Waals surface area contributed by atoms with Gasteiger partial charge in [-0.2, -0.15) is 13.2 Å². The first-order valence-corrected chi connectivity index (χ1v) is 17.6. The van der Waals surface area contributed by atoms with E-state index in [4.69, 9.17) is 15.0 Å². The van der Waals surface area contributed by atoms with Crippen LogP contribution in [0.15, 0.2) is 170 Å². The fourth-order valence-corrected chi connectivity index (χ4v) is 7.28. The Labute approximate surface area is 309 Å². The predicted octanol–water partition coefficient (Wildman–Crippen LogP) is 12.6. The Hall–Kier alpha value is -6.86. The third-order valence-electron chi connectivity index (χ3n) is 9.85. The molecule has 4 nitrogen and oxygen atoms in total. The lowest BCUT2D eigenvalue weighted by Crippen LogP contribution is -2.07. The molecule has 9 aromatic rings. The third-order valence-corrected chi connectivity index (χ3v) is 9.85. The Balaban J connectivity index is 1.36. The van der Waals surface area contributed by atoms with Gasteiger partial charge in [-0.25, -0.2) is 15.0 Å². The molecule has 0 saturated heterocycles. The van der Waals surface area contributed by atoms with E-state index in [1.54, 1.807) is 12.1 Å². The van der Waals surface area contributed by atoms with Crippen LogP contribution in [-0.2, 0) is 6.18 Å². The van der Waals surface area contributed by atoms with Crippen LogP contribution in [0.2, 0.25) is 0 Å². The van der Waals surface area contributed by atoms with Crippen LogP contribution in [-0.4, -0.2) is 19.5 Å². The number of nitrogens with zero attached hydrogens (tertiary/aromatic N) is 4. The molecule has 2 heterocycles. The van der Waals surface area contributed by atoms with Crippen molar-refractivity contribution in [3.63, 3.8) is 0 Å². The second-order valence-electron chi connectivity index (χ2n) is 13.2. The first-order chi connectivity index (χ1) is 26.3. The molecule has 0 N–H and O–H groups in total. The Morgan fingerprint density at radius 2 is 0.963 bits per heavy atom. The van der Waals surface area contributed by atoms with E-state index in [-0.39, 0.29) is 5.56 Å². The first-order valence-electron chi connectivity index (χ1n) is 17.6. The summed E-state index contributed by atoms with van der Waals surface area (Å²) in [6, 6.07) is 53.3. The molecule has 0 aliphatic rings. The van der Waals surface area contributed by atoms with E-state index in [9.17, 15) is 13.2 Å². The summed E-state index contributed by atoms with van der Waals surface area (Å²) in [6.45, 7) is 2.10. The number of para-hydroxylation sites is 1. The number of rotatable bonds is 6. The van der Waals surface area contributed by atoms with Crippen LogP contribution in [0.1, 0.15) is 11.1 Å². The fourth-order valence-electron chi connectivity index (χ4n) is 7.28. The number of hydrogen-bond acceptors (Lipinski definition) is 3. The maximum atomic E-state index is 14.5. The molecule has 0 saturated carbocycles. The smallest absolute Gasteiger partial charge is 0.308 e. The summed E-state index contributed by atoms with van der Waals surface area (Å²) in [5, 5.41) is 2.03. The maximum absolute atomic E-state index is 14.5. The average Bonchev–Trinajstić information content (AvgIpc) is 3.54. The number of halogens is 3. The minimum absolute atomic E-state index is 0.0889. The molecule has 0 amide bonds. The van der Waals surface area contributed by atoms with Gasteiger partial charge in [0.15, 0.2) is 17.5 Å². The molecule has 0 aliphatic heterocycles. The SMILES string of the molecule is Cc1ccccc1-c1ccc2c(c1)c1ccccc1n2-c1cc(-c2ccccc2C(F)(F)F)ccc1-c1nc(-c2ccccc2)nc(-c2ccccc2)n1. The molecule has 0 fully saturated rings. The standard InChI is InChI=1S/C47H31F3N4/c1-30-14-8-9-19-35(30)33-25-27-42-39(28-33)37-21-11-13-23-41(37)54(42)43-29-34(36-20-10-12-22-40(36)47(48,49)50)24-26-38(43)46-52-44(31-15-4-2-5-16-31)51-45(53-46)32-17-6-3-7-18-32/h2-29H,1H3. The molecular weight excluding hydrogens is 678 g/mol. The zero-order chi connectivity index (χ0) is 36.8. The summed E-state index contributed by atoms with van der Waals surface area (Å²) in [4.78, 5) is 15.0. The molecule has 7 heteroatoms. The second-order valence-corrected chi connectivity index (χ2v) is 13.2. The normalized spacial score (nSPS) is 11.7. The number of alkyl halides is 3. The summed E-state index contributed by atoms with van der Waals surface area (Å²) in [6.07, 6.45) is -4.54. The molecule has 0 unspecified atom stereocenters. The minimum Gasteiger partial charge on any atom is -0.308 e. The van der Waals surface area contributed by atoms with Crippen molar-refractivity contribution in [3.8, 4) is 62.1 Å². The summed E-state index contributed by atoms with van der Waals surface area (Å²) < 4.78 is 45.5. The van der Waals surface area contributed by atoms with Crippen molar-refractivity contribution in [2.75, 3.05) is 0 Å². The highest BCUT2D eigenvalue weighted by molar-refractivity contribution is 6.11. The van der Waals surface area contributed by atoms with Crippen molar-refractivity contribution in [2.45, 2.75) is 13.1 Å².